The summed E-state index contributed by atoms with van der Waals surface area (Å²) < 4.78 is 0. The number of nitrogens with one attached hydrogen (secondary N) is 1. The molecular formula is C15H19ClN2. The maximum Gasteiger partial charge on any atom is 0.101 e. The Hall–Kier alpha value is -1.20. The molecule has 2 nitrogen and oxygen atoms in total. The molecule has 0 amide bonds. The number of anilines is 1. The minimum Gasteiger partial charge on any atom is -0.383 e. The number of hydrogen-bond donors (Lipinski definition) is 1. The van der Waals surface area contributed by atoms with Gasteiger partial charge in [0.05, 0.1) is 11.3 Å². The van der Waals surface area contributed by atoms with Gasteiger partial charge in [-0.25, -0.2) is 0 Å². The monoisotopic (exact) mass is 262 g/mol. The van der Waals surface area contributed by atoms with Crippen molar-refractivity contribution in [1.82, 2.24) is 0 Å². The number of benzene rings is 1. The van der Waals surface area contributed by atoms with Crippen LogP contribution in [0.2, 0.25) is 5.02 Å². The van der Waals surface area contributed by atoms with Crippen molar-refractivity contribution in [3.63, 3.8) is 0 Å². The van der Waals surface area contributed by atoms with Crippen molar-refractivity contribution < 1.29 is 0 Å². The van der Waals surface area contributed by atoms with E-state index in [0.717, 1.165) is 12.2 Å². The quantitative estimate of drug-likeness (QED) is 0.861. The molecule has 0 radical (unpaired) electrons. The van der Waals surface area contributed by atoms with Gasteiger partial charge in [0.2, 0.25) is 0 Å². The molecule has 0 bridgehead atoms. The molecule has 1 aliphatic rings. The van der Waals surface area contributed by atoms with Crippen LogP contribution in [0.25, 0.3) is 0 Å². The molecule has 3 heteroatoms. The Morgan fingerprint density at radius 2 is 2.11 bits per heavy atom. The highest BCUT2D eigenvalue weighted by atomic mass is 35.5. The lowest BCUT2D eigenvalue weighted by Gasteiger charge is -2.28. The van der Waals surface area contributed by atoms with Crippen LogP contribution in [-0.4, -0.2) is 6.54 Å². The van der Waals surface area contributed by atoms with Crippen LogP contribution in [0.4, 0.5) is 5.69 Å². The van der Waals surface area contributed by atoms with E-state index in [-0.39, 0.29) is 0 Å². The minimum absolute atomic E-state index is 0.412. The molecule has 2 rings (SSSR count). The molecule has 1 fully saturated rings. The lowest BCUT2D eigenvalue weighted by molar-refractivity contribution is 0.307. The molecule has 0 spiro atoms. The Morgan fingerprint density at radius 1 is 1.39 bits per heavy atom. The van der Waals surface area contributed by atoms with Crippen molar-refractivity contribution in [2.75, 3.05) is 11.9 Å². The maximum absolute atomic E-state index is 9.09. The second kappa shape index (κ2) is 5.63. The van der Waals surface area contributed by atoms with Gasteiger partial charge >= 0.3 is 0 Å². The van der Waals surface area contributed by atoms with Gasteiger partial charge in [-0.05, 0) is 42.9 Å². The third-order valence-electron chi connectivity index (χ3n) is 4.17. The van der Waals surface area contributed by atoms with Crippen LogP contribution in [0.1, 0.15) is 44.6 Å². The Morgan fingerprint density at radius 3 is 2.72 bits per heavy atom. The highest BCUT2D eigenvalue weighted by Crippen LogP contribution is 2.41. The molecule has 0 heterocycles. The molecule has 0 aromatic heterocycles. The fraction of sp³-hybridized carbons (Fsp3) is 0.533. The van der Waals surface area contributed by atoms with Crippen LogP contribution in [0.3, 0.4) is 0 Å². The lowest BCUT2D eigenvalue weighted by Crippen LogP contribution is -2.26. The van der Waals surface area contributed by atoms with Gasteiger partial charge in [-0.3, -0.25) is 0 Å². The first kappa shape index (κ1) is 13.2. The average Bonchev–Trinajstić information content (AvgIpc) is 2.86. The zero-order valence-corrected chi connectivity index (χ0v) is 11.6. The number of hydrogen-bond acceptors (Lipinski definition) is 2. The lowest BCUT2D eigenvalue weighted by atomic mass is 9.83. The highest BCUT2D eigenvalue weighted by Gasteiger charge is 2.31. The van der Waals surface area contributed by atoms with Crippen LogP contribution >= 0.6 is 11.6 Å². The van der Waals surface area contributed by atoms with Crippen molar-refractivity contribution in [1.29, 1.82) is 5.26 Å². The van der Waals surface area contributed by atoms with E-state index < -0.39 is 0 Å². The van der Waals surface area contributed by atoms with Crippen LogP contribution in [0.15, 0.2) is 18.2 Å². The van der Waals surface area contributed by atoms with Crippen molar-refractivity contribution in [3.8, 4) is 6.07 Å². The summed E-state index contributed by atoms with van der Waals surface area (Å²) in [4.78, 5) is 0. The highest BCUT2D eigenvalue weighted by molar-refractivity contribution is 6.30. The third-order valence-corrected chi connectivity index (χ3v) is 4.41. The Kier molecular flexibility index (Phi) is 4.14. The summed E-state index contributed by atoms with van der Waals surface area (Å²) in [5, 5.41) is 13.2. The molecule has 1 aromatic carbocycles. The molecule has 18 heavy (non-hydrogen) atoms. The van der Waals surface area contributed by atoms with Crippen molar-refractivity contribution >= 4 is 17.3 Å². The van der Waals surface area contributed by atoms with Crippen LogP contribution in [0.5, 0.6) is 0 Å². The Bertz CT molecular complexity index is 456. The topological polar surface area (TPSA) is 35.8 Å². The molecule has 1 aliphatic carbocycles. The molecule has 0 atom stereocenters. The molecule has 1 aromatic rings. The van der Waals surface area contributed by atoms with Gasteiger partial charge < -0.3 is 5.32 Å². The summed E-state index contributed by atoms with van der Waals surface area (Å²) >= 11 is 5.99. The van der Waals surface area contributed by atoms with Gasteiger partial charge in [-0.15, -0.1) is 0 Å². The Balaban J connectivity index is 2.10. The van der Waals surface area contributed by atoms with Crippen LogP contribution < -0.4 is 5.32 Å². The van der Waals surface area contributed by atoms with E-state index in [1.165, 1.54) is 32.1 Å². The molecular weight excluding hydrogens is 244 g/mol. The normalized spacial score (nSPS) is 17.4. The molecule has 1 N–H and O–H groups in total. The minimum atomic E-state index is 0.412. The molecule has 96 valence electrons. The fourth-order valence-corrected chi connectivity index (χ4v) is 3.00. The molecule has 0 saturated heterocycles. The first-order valence-electron chi connectivity index (χ1n) is 6.63. The summed E-state index contributed by atoms with van der Waals surface area (Å²) in [5.74, 6) is 0. The molecule has 0 aliphatic heterocycles. The van der Waals surface area contributed by atoms with Crippen LogP contribution in [0, 0.1) is 16.7 Å². The first-order valence-corrected chi connectivity index (χ1v) is 7.00. The van der Waals surface area contributed by atoms with E-state index in [1.807, 2.05) is 6.07 Å². The van der Waals surface area contributed by atoms with Gasteiger partial charge in [0.25, 0.3) is 0 Å². The predicted molar refractivity (Wildman–Crippen MR) is 75.8 cm³/mol. The van der Waals surface area contributed by atoms with Gasteiger partial charge in [0, 0.05) is 11.6 Å². The van der Waals surface area contributed by atoms with Gasteiger partial charge in [0.1, 0.15) is 6.07 Å². The summed E-state index contributed by atoms with van der Waals surface area (Å²) in [7, 11) is 0. The van der Waals surface area contributed by atoms with Crippen molar-refractivity contribution in [2.45, 2.75) is 39.0 Å². The van der Waals surface area contributed by atoms with E-state index in [0.29, 0.717) is 16.0 Å². The second-order valence-electron chi connectivity index (χ2n) is 5.22. The van der Waals surface area contributed by atoms with Gasteiger partial charge in [-0.2, -0.15) is 5.26 Å². The Labute approximate surface area is 114 Å². The number of rotatable bonds is 4. The maximum atomic E-state index is 9.09. The summed E-state index contributed by atoms with van der Waals surface area (Å²) in [5.41, 5.74) is 1.95. The molecule has 0 unspecified atom stereocenters. The number of nitrogens with zero attached hydrogens (tertiary/aromatic N) is 1. The zero-order valence-electron chi connectivity index (χ0n) is 10.8. The average molecular weight is 263 g/mol. The number of halogens is 1. The van der Waals surface area contributed by atoms with E-state index in [2.05, 4.69) is 18.3 Å². The van der Waals surface area contributed by atoms with E-state index in [1.54, 1.807) is 12.1 Å². The van der Waals surface area contributed by atoms with Gasteiger partial charge in [-0.1, -0.05) is 31.4 Å². The predicted octanol–water partition coefficient (Wildman–Crippen LogP) is 4.59. The standard InChI is InChI=1S/C15H19ClN2/c1-2-15(7-3-4-8-15)11-18-14-9-13(16)6-5-12(14)10-17/h5-6,9,18H,2-4,7-8,11H2,1H3. The smallest absolute Gasteiger partial charge is 0.101 e. The van der Waals surface area contributed by atoms with Crippen molar-refractivity contribution in [2.24, 2.45) is 5.41 Å². The van der Waals surface area contributed by atoms with Crippen molar-refractivity contribution in [3.05, 3.63) is 28.8 Å². The summed E-state index contributed by atoms with van der Waals surface area (Å²) in [6.07, 6.45) is 6.44. The van der Waals surface area contributed by atoms with Gasteiger partial charge in [0.15, 0.2) is 0 Å². The van der Waals surface area contributed by atoms with E-state index in [4.69, 9.17) is 16.9 Å². The van der Waals surface area contributed by atoms with E-state index in [9.17, 15) is 0 Å². The summed E-state index contributed by atoms with van der Waals surface area (Å²) in [6, 6.07) is 7.59. The first-order chi connectivity index (χ1) is 8.69. The second-order valence-corrected chi connectivity index (χ2v) is 5.65. The SMILES string of the molecule is CCC1(CNc2cc(Cl)ccc2C#N)CCCC1. The largest absolute Gasteiger partial charge is 0.383 e. The summed E-state index contributed by atoms with van der Waals surface area (Å²) in [6.45, 7) is 3.20. The fourth-order valence-electron chi connectivity index (χ4n) is 2.82. The molecule has 1 saturated carbocycles. The van der Waals surface area contributed by atoms with E-state index >= 15 is 0 Å². The van der Waals surface area contributed by atoms with Crippen LogP contribution in [-0.2, 0) is 0 Å². The third kappa shape index (κ3) is 2.79. The number of nitriles is 1. The zero-order chi connectivity index (χ0) is 13.0.